The Morgan fingerprint density at radius 2 is 2.05 bits per heavy atom. The highest BCUT2D eigenvalue weighted by molar-refractivity contribution is 5.78. The molecule has 2 aromatic rings. The summed E-state index contributed by atoms with van der Waals surface area (Å²) >= 11 is 0. The van der Waals surface area contributed by atoms with Crippen LogP contribution in [0.1, 0.15) is 11.3 Å². The number of amides is 1. The van der Waals surface area contributed by atoms with Gasteiger partial charge in [-0.2, -0.15) is 13.2 Å². The van der Waals surface area contributed by atoms with E-state index in [4.69, 9.17) is 5.11 Å². The highest BCUT2D eigenvalue weighted by Crippen LogP contribution is 2.32. The minimum atomic E-state index is -4.43. The Labute approximate surface area is 111 Å². The van der Waals surface area contributed by atoms with Crippen LogP contribution in [0.25, 0.3) is 11.0 Å². The van der Waals surface area contributed by atoms with Crippen LogP contribution in [0.15, 0.2) is 18.3 Å². The molecule has 0 aromatic carbocycles. The topological polar surface area (TPSA) is 58.4 Å². The van der Waals surface area contributed by atoms with Crippen LogP contribution in [-0.2, 0) is 19.3 Å². The second-order valence-electron chi connectivity index (χ2n) is 4.63. The van der Waals surface area contributed by atoms with Gasteiger partial charge in [0.25, 0.3) is 0 Å². The summed E-state index contributed by atoms with van der Waals surface area (Å²) in [6.45, 7) is 0.853. The summed E-state index contributed by atoms with van der Waals surface area (Å²) in [5.41, 5.74) is 0.307. The second-order valence-corrected chi connectivity index (χ2v) is 4.63. The molecule has 3 rings (SSSR count). The molecule has 0 saturated carbocycles. The molecule has 0 atom stereocenters. The summed E-state index contributed by atoms with van der Waals surface area (Å²) in [5.74, 6) is 0. The monoisotopic (exact) mass is 285 g/mol. The first-order chi connectivity index (χ1) is 9.36. The Kier molecular flexibility index (Phi) is 2.63. The summed E-state index contributed by atoms with van der Waals surface area (Å²) in [6.07, 6.45) is -4.67. The Morgan fingerprint density at radius 3 is 2.70 bits per heavy atom. The van der Waals surface area contributed by atoms with Gasteiger partial charge in [0.2, 0.25) is 0 Å². The number of fused-ring (bicyclic) bond motifs is 3. The van der Waals surface area contributed by atoms with Crippen molar-refractivity contribution in [1.82, 2.24) is 14.5 Å². The normalized spacial score (nSPS) is 15.4. The summed E-state index contributed by atoms with van der Waals surface area (Å²) in [6, 6.07) is 2.60. The van der Waals surface area contributed by atoms with Crippen LogP contribution in [0.5, 0.6) is 0 Å². The van der Waals surface area contributed by atoms with Crippen LogP contribution >= 0.6 is 0 Å². The predicted octanol–water partition coefficient (Wildman–Crippen LogP) is 2.55. The van der Waals surface area contributed by atoms with Crippen LogP contribution < -0.4 is 0 Å². The van der Waals surface area contributed by atoms with Crippen molar-refractivity contribution in [2.45, 2.75) is 19.3 Å². The van der Waals surface area contributed by atoms with E-state index in [9.17, 15) is 18.0 Å². The summed E-state index contributed by atoms with van der Waals surface area (Å²) in [7, 11) is 0. The quantitative estimate of drug-likeness (QED) is 0.809. The van der Waals surface area contributed by atoms with Gasteiger partial charge in [-0.1, -0.05) is 0 Å². The van der Waals surface area contributed by atoms with Gasteiger partial charge in [-0.05, 0) is 12.1 Å². The van der Waals surface area contributed by atoms with Crippen molar-refractivity contribution in [3.63, 3.8) is 0 Å². The Balaban J connectivity index is 2.06. The lowest BCUT2D eigenvalue weighted by Crippen LogP contribution is -2.37. The minimum absolute atomic E-state index is 0.160. The average Bonchev–Trinajstić information content (AvgIpc) is 2.73. The van der Waals surface area contributed by atoms with Gasteiger partial charge in [-0.3, -0.25) is 0 Å². The van der Waals surface area contributed by atoms with Crippen LogP contribution in [0.4, 0.5) is 18.0 Å². The van der Waals surface area contributed by atoms with E-state index in [1.807, 2.05) is 0 Å². The highest BCUT2D eigenvalue weighted by Gasteiger charge is 2.32. The number of nitrogens with zero attached hydrogens (tertiary/aromatic N) is 3. The van der Waals surface area contributed by atoms with Crippen LogP contribution in [-0.4, -0.2) is 32.2 Å². The van der Waals surface area contributed by atoms with Gasteiger partial charge in [0, 0.05) is 30.4 Å². The van der Waals surface area contributed by atoms with E-state index >= 15 is 0 Å². The molecule has 20 heavy (non-hydrogen) atoms. The first-order valence-corrected chi connectivity index (χ1v) is 5.89. The maximum Gasteiger partial charge on any atom is 0.417 e. The van der Waals surface area contributed by atoms with Gasteiger partial charge in [-0.15, -0.1) is 0 Å². The number of aromatic nitrogens is 2. The molecule has 0 unspecified atom stereocenters. The molecular formula is C12H10F3N3O2. The van der Waals surface area contributed by atoms with Gasteiger partial charge >= 0.3 is 12.3 Å². The molecule has 1 aliphatic heterocycles. The predicted molar refractivity (Wildman–Crippen MR) is 63.2 cm³/mol. The van der Waals surface area contributed by atoms with Crippen LogP contribution in [0.2, 0.25) is 0 Å². The number of pyridine rings is 1. The summed E-state index contributed by atoms with van der Waals surface area (Å²) in [5, 5.41) is 9.32. The molecule has 0 saturated heterocycles. The smallest absolute Gasteiger partial charge is 0.417 e. The van der Waals surface area contributed by atoms with Gasteiger partial charge in [0.15, 0.2) is 0 Å². The fraction of sp³-hybridized carbons (Fsp3) is 0.333. The van der Waals surface area contributed by atoms with Crippen molar-refractivity contribution in [1.29, 1.82) is 0 Å². The molecule has 1 N–H and O–H groups in total. The fourth-order valence-corrected chi connectivity index (χ4v) is 2.39. The minimum Gasteiger partial charge on any atom is -0.465 e. The third-order valence-corrected chi connectivity index (χ3v) is 3.36. The maximum atomic E-state index is 12.6. The second kappa shape index (κ2) is 4.12. The maximum absolute atomic E-state index is 12.6. The Hall–Kier alpha value is -2.25. The largest absolute Gasteiger partial charge is 0.465 e. The van der Waals surface area contributed by atoms with Gasteiger partial charge in [0.05, 0.1) is 12.1 Å². The molecule has 2 aromatic heterocycles. The zero-order valence-corrected chi connectivity index (χ0v) is 10.2. The van der Waals surface area contributed by atoms with E-state index in [0.717, 1.165) is 12.3 Å². The summed E-state index contributed by atoms with van der Waals surface area (Å²) in [4.78, 5) is 16.0. The molecular weight excluding hydrogens is 275 g/mol. The highest BCUT2D eigenvalue weighted by atomic mass is 19.4. The number of rotatable bonds is 0. The van der Waals surface area contributed by atoms with Crippen molar-refractivity contribution in [3.05, 3.63) is 29.6 Å². The molecule has 1 aliphatic rings. The first-order valence-electron chi connectivity index (χ1n) is 5.89. The molecule has 0 bridgehead atoms. The van der Waals surface area contributed by atoms with Crippen molar-refractivity contribution in [3.8, 4) is 0 Å². The Morgan fingerprint density at radius 1 is 1.30 bits per heavy atom. The lowest BCUT2D eigenvalue weighted by atomic mass is 10.2. The van der Waals surface area contributed by atoms with E-state index < -0.39 is 17.8 Å². The molecule has 0 fully saturated rings. The van der Waals surface area contributed by atoms with Gasteiger partial charge < -0.3 is 14.6 Å². The zero-order chi connectivity index (χ0) is 14.5. The number of carboxylic acid groups (broad SMARTS) is 1. The lowest BCUT2D eigenvalue weighted by molar-refractivity contribution is -0.137. The zero-order valence-electron chi connectivity index (χ0n) is 10.2. The SMILES string of the molecule is O=C(O)N1CCn2c(cc3cc(C(F)(F)F)cnc32)C1. The molecule has 1 amide bonds. The Bertz CT molecular complexity index is 693. The van der Waals surface area contributed by atoms with Crippen molar-refractivity contribution >= 4 is 17.1 Å². The average molecular weight is 285 g/mol. The molecule has 8 heteroatoms. The first kappa shape index (κ1) is 12.8. The molecule has 0 spiro atoms. The molecule has 5 nitrogen and oxygen atoms in total. The number of halogens is 3. The third-order valence-electron chi connectivity index (χ3n) is 3.36. The van der Waals surface area contributed by atoms with E-state index in [1.165, 1.54) is 4.90 Å². The van der Waals surface area contributed by atoms with Crippen LogP contribution in [0.3, 0.4) is 0 Å². The van der Waals surface area contributed by atoms with Gasteiger partial charge in [0.1, 0.15) is 5.65 Å². The van der Waals surface area contributed by atoms with E-state index in [-0.39, 0.29) is 6.54 Å². The number of hydrogen-bond acceptors (Lipinski definition) is 2. The van der Waals surface area contributed by atoms with Crippen molar-refractivity contribution in [2.75, 3.05) is 6.54 Å². The van der Waals surface area contributed by atoms with E-state index in [0.29, 0.717) is 29.8 Å². The fourth-order valence-electron chi connectivity index (χ4n) is 2.39. The van der Waals surface area contributed by atoms with Crippen molar-refractivity contribution in [2.24, 2.45) is 0 Å². The number of alkyl halides is 3. The molecule has 0 radical (unpaired) electrons. The third kappa shape index (κ3) is 1.97. The van der Waals surface area contributed by atoms with Crippen molar-refractivity contribution < 1.29 is 23.1 Å². The number of hydrogen-bond donors (Lipinski definition) is 1. The molecule has 106 valence electrons. The molecule has 0 aliphatic carbocycles. The van der Waals surface area contributed by atoms with E-state index in [2.05, 4.69) is 4.98 Å². The van der Waals surface area contributed by atoms with E-state index in [1.54, 1.807) is 10.6 Å². The van der Waals surface area contributed by atoms with Gasteiger partial charge in [-0.25, -0.2) is 9.78 Å². The molecule has 3 heterocycles. The number of carbonyl (C=O) groups is 1. The summed E-state index contributed by atoms with van der Waals surface area (Å²) < 4.78 is 39.7. The van der Waals surface area contributed by atoms with Crippen LogP contribution in [0, 0.1) is 0 Å². The lowest BCUT2D eigenvalue weighted by Gasteiger charge is -2.26. The standard InChI is InChI=1S/C12H10F3N3O2/c13-12(14,15)8-3-7-4-9-6-17(11(19)20)1-2-18(9)10(7)16-5-8/h3-5H,1-2,6H2,(H,19,20).